The number of aromatic amines is 1. The number of likely N-dealkylation sites (tertiary alicyclic amines) is 1. The van der Waals surface area contributed by atoms with Gasteiger partial charge in [0.2, 0.25) is 17.6 Å². The number of thiazole rings is 1. The van der Waals surface area contributed by atoms with E-state index in [1.54, 1.807) is 23.9 Å². The average Bonchev–Trinajstić information content (AvgIpc) is 3.59. The molecule has 2 aromatic rings. The topological polar surface area (TPSA) is 146 Å². The lowest BCUT2D eigenvalue weighted by molar-refractivity contribution is -0.142. The lowest BCUT2D eigenvalue weighted by Crippen LogP contribution is -2.42. The molecule has 10 nitrogen and oxygen atoms in total. The van der Waals surface area contributed by atoms with E-state index in [1.165, 1.54) is 19.1 Å². The van der Waals surface area contributed by atoms with Crippen LogP contribution in [0.4, 0.5) is 0 Å². The number of benzene rings is 1. The van der Waals surface area contributed by atoms with Crippen LogP contribution in [-0.2, 0) is 14.4 Å². The molecular formula is C25H26N2O8S2. The molecule has 196 valence electrons. The number of thioether (sulfide) groups is 1. The molecule has 2 saturated carbocycles. The molecule has 6 rings (SSSR count). The molecule has 0 unspecified atom stereocenters. The lowest BCUT2D eigenvalue weighted by Gasteiger charge is -2.43. The maximum Gasteiger partial charge on any atom is 0.305 e. The highest BCUT2D eigenvalue weighted by Crippen LogP contribution is 2.68. The van der Waals surface area contributed by atoms with E-state index in [4.69, 9.17) is 14.6 Å². The molecule has 12 heteroatoms. The van der Waals surface area contributed by atoms with Gasteiger partial charge in [-0.15, -0.1) is 11.8 Å². The van der Waals surface area contributed by atoms with E-state index >= 15 is 0 Å². The van der Waals surface area contributed by atoms with Crippen molar-refractivity contribution in [2.75, 3.05) is 20.8 Å². The van der Waals surface area contributed by atoms with Gasteiger partial charge in [0.05, 0.1) is 31.1 Å². The van der Waals surface area contributed by atoms with Gasteiger partial charge in [-0.3, -0.25) is 24.1 Å². The molecule has 1 aromatic heterocycles. The molecule has 2 bridgehead atoms. The van der Waals surface area contributed by atoms with Crippen molar-refractivity contribution in [1.29, 1.82) is 0 Å². The minimum atomic E-state index is -0.954. The minimum Gasteiger partial charge on any atom is -0.502 e. The van der Waals surface area contributed by atoms with Crippen molar-refractivity contribution in [3.63, 3.8) is 0 Å². The first-order valence-electron chi connectivity index (χ1n) is 12.2. The number of ether oxygens (including phenoxy) is 2. The zero-order valence-electron chi connectivity index (χ0n) is 20.1. The Morgan fingerprint density at radius 3 is 2.38 bits per heavy atom. The molecule has 2 aliphatic heterocycles. The first-order valence-corrected chi connectivity index (χ1v) is 13.9. The van der Waals surface area contributed by atoms with E-state index in [1.807, 2.05) is 0 Å². The number of amides is 2. The molecule has 0 spiro atoms. The highest BCUT2D eigenvalue weighted by molar-refractivity contribution is 8.00. The van der Waals surface area contributed by atoms with Gasteiger partial charge < -0.3 is 24.7 Å². The summed E-state index contributed by atoms with van der Waals surface area (Å²) in [6, 6.07) is 3.51. The number of hydrogen-bond acceptors (Lipinski definition) is 9. The third-order valence-electron chi connectivity index (χ3n) is 8.45. The van der Waals surface area contributed by atoms with Gasteiger partial charge in [0.25, 0.3) is 0 Å². The van der Waals surface area contributed by atoms with Crippen molar-refractivity contribution in [3.8, 4) is 17.2 Å². The Bertz CT molecular complexity index is 1340. The van der Waals surface area contributed by atoms with Crippen LogP contribution >= 0.6 is 23.1 Å². The number of carboxylic acids is 1. The lowest BCUT2D eigenvalue weighted by atomic mass is 9.68. The summed E-state index contributed by atoms with van der Waals surface area (Å²) < 4.78 is 10.8. The van der Waals surface area contributed by atoms with Crippen molar-refractivity contribution in [2.45, 2.75) is 35.5 Å². The maximum absolute atomic E-state index is 13.5. The Kier molecular flexibility index (Phi) is 5.79. The van der Waals surface area contributed by atoms with Gasteiger partial charge in [-0.05, 0) is 48.3 Å². The second kappa shape index (κ2) is 8.80. The predicted molar refractivity (Wildman–Crippen MR) is 133 cm³/mol. The van der Waals surface area contributed by atoms with Crippen LogP contribution in [0.15, 0.2) is 22.0 Å². The number of phenols is 1. The largest absolute Gasteiger partial charge is 0.502 e. The second-order valence-corrected chi connectivity index (χ2v) is 12.3. The van der Waals surface area contributed by atoms with Crippen LogP contribution in [0.2, 0.25) is 0 Å². The van der Waals surface area contributed by atoms with Gasteiger partial charge in [0.15, 0.2) is 11.5 Å². The Morgan fingerprint density at radius 2 is 1.76 bits per heavy atom. The number of rotatable bonds is 7. The van der Waals surface area contributed by atoms with Gasteiger partial charge in [-0.2, -0.15) is 0 Å². The van der Waals surface area contributed by atoms with Crippen molar-refractivity contribution in [1.82, 2.24) is 9.88 Å². The summed E-state index contributed by atoms with van der Waals surface area (Å²) in [5, 5.41) is 20.3. The van der Waals surface area contributed by atoms with Gasteiger partial charge >= 0.3 is 10.8 Å². The SMILES string of the molecule is COc1cc([C@H]2c3sc(=O)[nH]c3S[C@@H]3[C@H]4C[C@@H]([C@@H]5C(=O)N(CCCC(=O)O)C(=O)[C@@H]45)[C@@H]23)cc(OC)c1O. The van der Waals surface area contributed by atoms with E-state index in [-0.39, 0.29) is 82.2 Å². The third-order valence-corrected chi connectivity index (χ3v) is 11.0. The Labute approximate surface area is 220 Å². The molecule has 7 atom stereocenters. The van der Waals surface area contributed by atoms with Crippen molar-refractivity contribution in [3.05, 3.63) is 32.2 Å². The van der Waals surface area contributed by atoms with E-state index in [0.717, 1.165) is 33.2 Å². The van der Waals surface area contributed by atoms with Crippen molar-refractivity contribution >= 4 is 40.9 Å². The van der Waals surface area contributed by atoms with Gasteiger partial charge in [-0.1, -0.05) is 11.3 Å². The van der Waals surface area contributed by atoms with Crippen LogP contribution in [0.5, 0.6) is 17.2 Å². The highest BCUT2D eigenvalue weighted by atomic mass is 32.2. The second-order valence-electron chi connectivity index (χ2n) is 10.1. The Hall–Kier alpha value is -2.99. The smallest absolute Gasteiger partial charge is 0.305 e. The molecule has 1 saturated heterocycles. The first kappa shape index (κ1) is 24.4. The molecule has 37 heavy (non-hydrogen) atoms. The standard InChI is InChI=1S/C25H26N2O8S2/c1-34-12-6-9(7-13(35-2)19(12)30)15-16-10-8-11(20(16)36-22-21(15)37-25(33)26-22)18-17(10)23(31)27(24(18)32)5-3-4-14(28)29/h6-7,10-11,15-18,20,30H,3-5,8H2,1-2H3,(H,26,33)(H,28,29)/t10-,11+,15-,16+,17+,18+,20-/m1/s1. The summed E-state index contributed by atoms with van der Waals surface area (Å²) in [7, 11) is 2.92. The minimum absolute atomic E-state index is 0.00938. The van der Waals surface area contributed by atoms with Gasteiger partial charge in [0, 0.05) is 29.0 Å². The van der Waals surface area contributed by atoms with Crippen molar-refractivity contribution < 1.29 is 34.1 Å². The highest BCUT2D eigenvalue weighted by Gasteiger charge is 2.69. The van der Waals surface area contributed by atoms with Crippen LogP contribution in [0.1, 0.15) is 35.6 Å². The number of carbonyl (C=O) groups is 3. The number of carboxylic acid groups (broad SMARTS) is 1. The predicted octanol–water partition coefficient (Wildman–Crippen LogP) is 2.50. The summed E-state index contributed by atoms with van der Waals surface area (Å²) >= 11 is 2.74. The summed E-state index contributed by atoms with van der Waals surface area (Å²) in [5.41, 5.74) is 0.817. The fraction of sp³-hybridized carbons (Fsp3) is 0.520. The van der Waals surface area contributed by atoms with Crippen LogP contribution in [-0.4, -0.2) is 63.9 Å². The van der Waals surface area contributed by atoms with Crippen LogP contribution in [0.3, 0.4) is 0 Å². The third kappa shape index (κ3) is 3.52. The number of carbonyl (C=O) groups excluding carboxylic acids is 2. The molecule has 3 fully saturated rings. The van der Waals surface area contributed by atoms with E-state index in [2.05, 4.69) is 4.98 Å². The molecule has 1 aromatic carbocycles. The summed E-state index contributed by atoms with van der Waals surface area (Å²) in [6.45, 7) is 0.120. The van der Waals surface area contributed by atoms with Crippen LogP contribution in [0, 0.1) is 29.6 Å². The van der Waals surface area contributed by atoms with E-state index in [0.29, 0.717) is 0 Å². The number of phenolic OH excluding ortho intramolecular Hbond substituents is 1. The molecule has 3 N–H and O–H groups in total. The van der Waals surface area contributed by atoms with Crippen molar-refractivity contribution in [2.24, 2.45) is 29.6 Å². The monoisotopic (exact) mass is 546 g/mol. The van der Waals surface area contributed by atoms with Gasteiger partial charge in [-0.25, -0.2) is 0 Å². The molecule has 0 radical (unpaired) electrons. The number of nitrogens with one attached hydrogen (secondary N) is 1. The molecule has 2 amide bonds. The number of fused-ring (bicyclic) bond motifs is 9. The number of aromatic hydroxyl groups is 1. The number of imide groups is 1. The maximum atomic E-state index is 13.5. The van der Waals surface area contributed by atoms with Crippen LogP contribution in [0.25, 0.3) is 0 Å². The molecule has 4 aliphatic rings. The molecule has 3 heterocycles. The summed E-state index contributed by atoms with van der Waals surface area (Å²) in [6.07, 6.45) is 0.887. The summed E-state index contributed by atoms with van der Waals surface area (Å²) in [5.74, 6) is -2.14. The van der Waals surface area contributed by atoms with Crippen LogP contribution < -0.4 is 14.3 Å². The van der Waals surface area contributed by atoms with E-state index in [9.17, 15) is 24.3 Å². The quantitative estimate of drug-likeness (QED) is 0.446. The summed E-state index contributed by atoms with van der Waals surface area (Å²) in [4.78, 5) is 55.2. The molecular weight excluding hydrogens is 520 g/mol. The number of hydrogen-bond donors (Lipinski definition) is 3. The Morgan fingerprint density at radius 1 is 1.11 bits per heavy atom. The first-order chi connectivity index (χ1) is 17.7. The van der Waals surface area contributed by atoms with E-state index < -0.39 is 17.8 Å². The van der Waals surface area contributed by atoms with Gasteiger partial charge in [0.1, 0.15) is 0 Å². The zero-order chi connectivity index (χ0) is 26.2. The number of methoxy groups -OCH3 is 2. The average molecular weight is 547 g/mol. The fourth-order valence-electron chi connectivity index (χ4n) is 7.15. The number of H-pyrrole nitrogens is 1. The Balaban J connectivity index is 1.41. The number of nitrogens with zero attached hydrogens (tertiary/aromatic N) is 1. The molecule has 2 aliphatic carbocycles. The number of aromatic nitrogens is 1. The normalized spacial score (nSPS) is 31.3. The number of aliphatic carboxylic acids is 1. The zero-order valence-corrected chi connectivity index (χ0v) is 21.8. The fourth-order valence-corrected chi connectivity index (χ4v) is 10.0.